The average Bonchev–Trinajstić information content (AvgIpc) is 3.32. The van der Waals surface area contributed by atoms with E-state index >= 15 is 0 Å². The van der Waals surface area contributed by atoms with Crippen LogP contribution in [0.1, 0.15) is 29.2 Å². The van der Waals surface area contributed by atoms with Crippen LogP contribution in [0.5, 0.6) is 11.5 Å². The lowest BCUT2D eigenvalue weighted by Gasteiger charge is -2.13. The van der Waals surface area contributed by atoms with Gasteiger partial charge in [0.05, 0.1) is 18.5 Å². The molecule has 33 heavy (non-hydrogen) atoms. The molecule has 7 nitrogen and oxygen atoms in total. The molecule has 1 aliphatic rings. The number of hydrogen-bond acceptors (Lipinski definition) is 5. The van der Waals surface area contributed by atoms with Gasteiger partial charge in [0.2, 0.25) is 5.91 Å². The van der Waals surface area contributed by atoms with E-state index in [0.717, 1.165) is 22.3 Å². The third-order valence-corrected chi connectivity index (χ3v) is 5.63. The Balaban J connectivity index is 1.75. The van der Waals surface area contributed by atoms with Crippen LogP contribution in [0.25, 0.3) is 10.9 Å². The maximum atomic E-state index is 12.4. The largest absolute Gasteiger partial charge is 0.573 e. The van der Waals surface area contributed by atoms with Gasteiger partial charge in [-0.05, 0) is 48.2 Å². The maximum Gasteiger partial charge on any atom is 0.573 e. The van der Waals surface area contributed by atoms with Gasteiger partial charge in [0.1, 0.15) is 11.5 Å². The first-order valence-corrected chi connectivity index (χ1v) is 10.2. The number of methoxy groups -OCH3 is 1. The summed E-state index contributed by atoms with van der Waals surface area (Å²) in [6, 6.07) is 10.9. The van der Waals surface area contributed by atoms with Crippen molar-refractivity contribution in [2.45, 2.75) is 31.7 Å². The minimum absolute atomic E-state index is 0.294. The van der Waals surface area contributed by atoms with Gasteiger partial charge in [-0.3, -0.25) is 4.79 Å². The number of fused-ring (bicyclic) bond motifs is 3. The van der Waals surface area contributed by atoms with Crippen molar-refractivity contribution < 1.29 is 37.0 Å². The molecule has 0 saturated heterocycles. The number of carbonyl (C=O) groups is 2. The first kappa shape index (κ1) is 22.5. The zero-order valence-electron chi connectivity index (χ0n) is 17.6. The minimum atomic E-state index is -4.76. The molecule has 0 aliphatic heterocycles. The maximum absolute atomic E-state index is 12.4. The van der Waals surface area contributed by atoms with Crippen LogP contribution in [0, 0.1) is 0 Å². The van der Waals surface area contributed by atoms with E-state index in [1.54, 1.807) is 24.3 Å². The number of ether oxygens (including phenoxy) is 3. The second-order valence-corrected chi connectivity index (χ2v) is 7.65. The number of alkyl halides is 3. The molecule has 1 amide bonds. The molecule has 10 heteroatoms. The molecular formula is C23H21F3N2O5. The molecule has 3 aromatic rings. The predicted molar refractivity (Wildman–Crippen MR) is 112 cm³/mol. The zero-order chi connectivity index (χ0) is 23.8. The van der Waals surface area contributed by atoms with Crippen molar-refractivity contribution in [2.24, 2.45) is 5.73 Å². The topological polar surface area (TPSA) is 92.8 Å². The smallest absolute Gasteiger partial charge is 0.481 e. The fraction of sp³-hybridized carbons (Fsp3) is 0.304. The highest BCUT2D eigenvalue weighted by Crippen LogP contribution is 2.44. The Kier molecular flexibility index (Phi) is 5.92. The third-order valence-electron chi connectivity index (χ3n) is 5.63. The molecule has 174 valence electrons. The molecule has 4 rings (SSSR count). The van der Waals surface area contributed by atoms with E-state index in [2.05, 4.69) is 9.47 Å². The van der Waals surface area contributed by atoms with Gasteiger partial charge >= 0.3 is 12.3 Å². The number of aromatic nitrogens is 1. The van der Waals surface area contributed by atoms with Crippen LogP contribution in [0.3, 0.4) is 0 Å². The molecule has 0 radical (unpaired) electrons. The molecular weight excluding hydrogens is 441 g/mol. The molecule has 2 N–H and O–H groups in total. The van der Waals surface area contributed by atoms with Crippen molar-refractivity contribution in [3.05, 3.63) is 59.3 Å². The first-order chi connectivity index (χ1) is 15.7. The van der Waals surface area contributed by atoms with Crippen LogP contribution in [0.15, 0.2) is 42.5 Å². The Morgan fingerprint density at radius 1 is 1.15 bits per heavy atom. The Labute approximate surface area is 186 Å². The van der Waals surface area contributed by atoms with Gasteiger partial charge in [-0.15, -0.1) is 13.2 Å². The van der Waals surface area contributed by atoms with Crippen LogP contribution >= 0.6 is 0 Å². The molecule has 0 bridgehead atoms. The number of carbonyl (C=O) groups excluding carboxylic acids is 2. The second kappa shape index (κ2) is 8.68. The van der Waals surface area contributed by atoms with Crippen molar-refractivity contribution in [3.63, 3.8) is 0 Å². The van der Waals surface area contributed by atoms with Crippen LogP contribution in [0.4, 0.5) is 13.2 Å². The molecule has 1 heterocycles. The lowest BCUT2D eigenvalue weighted by Crippen LogP contribution is -2.19. The van der Waals surface area contributed by atoms with E-state index in [4.69, 9.17) is 10.5 Å². The summed E-state index contributed by atoms with van der Waals surface area (Å²) < 4.78 is 53.6. The molecule has 0 fully saturated rings. The monoisotopic (exact) mass is 462 g/mol. The van der Waals surface area contributed by atoms with Crippen LogP contribution in [0.2, 0.25) is 0 Å². The number of nitrogens with two attached hydrogens (primary N) is 1. The van der Waals surface area contributed by atoms with Crippen molar-refractivity contribution in [2.75, 3.05) is 13.7 Å². The lowest BCUT2D eigenvalue weighted by atomic mass is 9.99. The van der Waals surface area contributed by atoms with Crippen molar-refractivity contribution in [1.82, 2.24) is 4.57 Å². The Morgan fingerprint density at radius 3 is 2.52 bits per heavy atom. The normalized spacial score (nSPS) is 15.3. The number of nitrogens with zero attached hydrogens (tertiary/aromatic N) is 1. The quantitative estimate of drug-likeness (QED) is 0.541. The summed E-state index contributed by atoms with van der Waals surface area (Å²) in [5.41, 5.74) is 8.83. The number of halogens is 3. The Hall–Kier alpha value is -3.69. The summed E-state index contributed by atoms with van der Waals surface area (Å²) in [6.07, 6.45) is -3.62. The van der Waals surface area contributed by atoms with E-state index in [1.165, 1.54) is 19.2 Å². The molecule has 0 saturated carbocycles. The summed E-state index contributed by atoms with van der Waals surface area (Å²) in [6.45, 7) is 0.0571. The highest BCUT2D eigenvalue weighted by Gasteiger charge is 2.35. The van der Waals surface area contributed by atoms with Crippen LogP contribution in [-0.2, 0) is 27.3 Å². The van der Waals surface area contributed by atoms with E-state index in [9.17, 15) is 22.8 Å². The molecule has 0 spiro atoms. The van der Waals surface area contributed by atoms with Gasteiger partial charge in [0, 0.05) is 17.6 Å². The number of rotatable bonds is 7. The minimum Gasteiger partial charge on any atom is -0.481 e. The van der Waals surface area contributed by atoms with Gasteiger partial charge < -0.3 is 24.5 Å². The van der Waals surface area contributed by atoms with Crippen LogP contribution in [-0.4, -0.2) is 36.5 Å². The molecule has 1 aliphatic carbocycles. The van der Waals surface area contributed by atoms with Crippen LogP contribution < -0.4 is 15.2 Å². The van der Waals surface area contributed by atoms with Gasteiger partial charge in [0.25, 0.3) is 0 Å². The fourth-order valence-corrected chi connectivity index (χ4v) is 4.28. The lowest BCUT2D eigenvalue weighted by molar-refractivity contribution is -0.274. The highest BCUT2D eigenvalue weighted by molar-refractivity contribution is 5.97. The Bertz CT molecular complexity index is 1200. The fourth-order valence-electron chi connectivity index (χ4n) is 4.28. The molecule has 1 unspecified atom stereocenters. The van der Waals surface area contributed by atoms with Gasteiger partial charge in [0.15, 0.2) is 6.61 Å². The second-order valence-electron chi connectivity index (χ2n) is 7.65. The van der Waals surface area contributed by atoms with Crippen molar-refractivity contribution in [3.8, 4) is 11.5 Å². The first-order valence-electron chi connectivity index (χ1n) is 10.2. The summed E-state index contributed by atoms with van der Waals surface area (Å²) in [5, 5.41) is 0.690. The van der Waals surface area contributed by atoms with Gasteiger partial charge in [-0.2, -0.15) is 0 Å². The number of primary amides is 1. The van der Waals surface area contributed by atoms with Crippen molar-refractivity contribution >= 4 is 22.8 Å². The summed E-state index contributed by atoms with van der Waals surface area (Å²) in [7, 11) is 1.26. The van der Waals surface area contributed by atoms with E-state index < -0.39 is 24.2 Å². The van der Waals surface area contributed by atoms with E-state index in [-0.39, 0.29) is 12.4 Å². The van der Waals surface area contributed by atoms with Crippen molar-refractivity contribution in [1.29, 1.82) is 0 Å². The Morgan fingerprint density at radius 2 is 1.88 bits per heavy atom. The highest BCUT2D eigenvalue weighted by atomic mass is 19.4. The summed E-state index contributed by atoms with van der Waals surface area (Å²) in [5.74, 6) is -1.38. The SMILES string of the molecule is COC(=O)COc1cccc2c1c1c(n2Cc2ccc(OC(F)(F)F)cc2)CCC1C(N)=O. The standard InChI is InChI=1S/C23H21F3N2O5/c1-31-19(29)12-32-18-4-2-3-16-21(18)20-15(22(27)30)9-10-17(20)28(16)11-13-5-7-14(8-6-13)33-23(24,25)26/h2-8,15H,9-12H2,1H3,(H2,27,30). The van der Waals surface area contributed by atoms with Gasteiger partial charge in [-0.25, -0.2) is 4.79 Å². The zero-order valence-corrected chi connectivity index (χ0v) is 17.6. The number of benzene rings is 2. The predicted octanol–water partition coefficient (Wildman–Crippen LogP) is 3.66. The number of hydrogen-bond donors (Lipinski definition) is 1. The third kappa shape index (κ3) is 4.59. The number of amides is 1. The van der Waals surface area contributed by atoms with E-state index in [0.29, 0.717) is 30.5 Å². The molecule has 1 atom stereocenters. The average molecular weight is 462 g/mol. The summed E-state index contributed by atoms with van der Waals surface area (Å²) in [4.78, 5) is 23.7. The molecule has 1 aromatic heterocycles. The van der Waals surface area contributed by atoms with Gasteiger partial charge in [-0.1, -0.05) is 18.2 Å². The number of esters is 1. The van der Waals surface area contributed by atoms with E-state index in [1.807, 2.05) is 10.6 Å². The molecule has 2 aromatic carbocycles. The summed E-state index contributed by atoms with van der Waals surface area (Å²) >= 11 is 0.